The molecule has 11 heavy (non-hydrogen) atoms. The number of hydrogen-bond acceptors (Lipinski definition) is 1. The summed E-state index contributed by atoms with van der Waals surface area (Å²) >= 11 is 5.50. The SMILES string of the molecule is CC(C)(C)N(CCCl)C(N)=O. The van der Waals surface area contributed by atoms with Crippen LogP contribution in [0.15, 0.2) is 0 Å². The van der Waals surface area contributed by atoms with Gasteiger partial charge in [-0.25, -0.2) is 4.79 Å². The van der Waals surface area contributed by atoms with E-state index in [0.717, 1.165) is 0 Å². The van der Waals surface area contributed by atoms with Gasteiger partial charge in [0.1, 0.15) is 0 Å². The molecule has 66 valence electrons. The molecule has 0 rings (SSSR count). The molecule has 0 atom stereocenters. The number of amides is 2. The van der Waals surface area contributed by atoms with Gasteiger partial charge in [-0.05, 0) is 20.8 Å². The van der Waals surface area contributed by atoms with Gasteiger partial charge in [-0.2, -0.15) is 0 Å². The summed E-state index contributed by atoms with van der Waals surface area (Å²) in [6.45, 7) is 6.26. The molecule has 0 heterocycles. The summed E-state index contributed by atoms with van der Waals surface area (Å²) in [7, 11) is 0. The number of urea groups is 1. The van der Waals surface area contributed by atoms with Crippen molar-refractivity contribution in [3.8, 4) is 0 Å². The van der Waals surface area contributed by atoms with E-state index in [9.17, 15) is 4.79 Å². The van der Waals surface area contributed by atoms with Crippen molar-refractivity contribution >= 4 is 17.6 Å². The standard InChI is InChI=1S/C7H15ClN2O/c1-7(2,3)10(5-4-8)6(9)11/h4-5H2,1-3H3,(H2,9,11). The Hall–Kier alpha value is -0.440. The number of primary amides is 1. The van der Waals surface area contributed by atoms with E-state index in [1.807, 2.05) is 20.8 Å². The van der Waals surface area contributed by atoms with Crippen molar-refractivity contribution in [3.63, 3.8) is 0 Å². The number of halogens is 1. The maximum Gasteiger partial charge on any atom is 0.315 e. The van der Waals surface area contributed by atoms with Crippen LogP contribution in [0.25, 0.3) is 0 Å². The zero-order chi connectivity index (χ0) is 9.07. The van der Waals surface area contributed by atoms with Gasteiger partial charge in [0.2, 0.25) is 0 Å². The molecule has 2 N–H and O–H groups in total. The van der Waals surface area contributed by atoms with E-state index < -0.39 is 6.03 Å². The van der Waals surface area contributed by atoms with Crippen LogP contribution in [-0.4, -0.2) is 28.9 Å². The number of nitrogens with two attached hydrogens (primary N) is 1. The van der Waals surface area contributed by atoms with Gasteiger partial charge in [-0.3, -0.25) is 0 Å². The lowest BCUT2D eigenvalue weighted by Crippen LogP contribution is -2.49. The van der Waals surface area contributed by atoms with E-state index >= 15 is 0 Å². The van der Waals surface area contributed by atoms with Gasteiger partial charge in [0, 0.05) is 18.0 Å². The van der Waals surface area contributed by atoms with Crippen molar-refractivity contribution in [3.05, 3.63) is 0 Å². The summed E-state index contributed by atoms with van der Waals surface area (Å²) in [5.74, 6) is 0.417. The van der Waals surface area contributed by atoms with Gasteiger partial charge < -0.3 is 10.6 Å². The summed E-state index contributed by atoms with van der Waals surface area (Å²) in [4.78, 5) is 12.4. The van der Waals surface area contributed by atoms with E-state index in [0.29, 0.717) is 12.4 Å². The van der Waals surface area contributed by atoms with Crippen molar-refractivity contribution in [1.82, 2.24) is 4.90 Å². The first kappa shape index (κ1) is 10.6. The minimum Gasteiger partial charge on any atom is -0.351 e. The summed E-state index contributed by atoms with van der Waals surface area (Å²) in [5.41, 5.74) is 4.90. The molecule has 0 bridgehead atoms. The van der Waals surface area contributed by atoms with Crippen molar-refractivity contribution in [1.29, 1.82) is 0 Å². The van der Waals surface area contributed by atoms with Crippen molar-refractivity contribution < 1.29 is 4.79 Å². The van der Waals surface area contributed by atoms with Crippen LogP contribution in [0.2, 0.25) is 0 Å². The van der Waals surface area contributed by atoms with E-state index in [4.69, 9.17) is 17.3 Å². The molecule has 4 heteroatoms. The van der Waals surface area contributed by atoms with Crippen LogP contribution < -0.4 is 5.73 Å². The first-order valence-corrected chi connectivity index (χ1v) is 4.06. The van der Waals surface area contributed by atoms with E-state index in [2.05, 4.69) is 0 Å². The van der Waals surface area contributed by atoms with Crippen molar-refractivity contribution in [2.24, 2.45) is 5.73 Å². The van der Waals surface area contributed by atoms with Crippen LogP contribution >= 0.6 is 11.6 Å². The van der Waals surface area contributed by atoms with E-state index in [-0.39, 0.29) is 5.54 Å². The molecule has 0 saturated carbocycles. The molecule has 2 amide bonds. The lowest BCUT2D eigenvalue weighted by atomic mass is 10.1. The van der Waals surface area contributed by atoms with Gasteiger partial charge in [0.05, 0.1) is 0 Å². The zero-order valence-corrected chi connectivity index (χ0v) is 7.98. The second kappa shape index (κ2) is 3.81. The molecule has 0 fully saturated rings. The molecule has 3 nitrogen and oxygen atoms in total. The minimum atomic E-state index is -0.418. The fraction of sp³-hybridized carbons (Fsp3) is 0.857. The summed E-state index contributed by atoms with van der Waals surface area (Å²) in [6, 6.07) is -0.418. The molecule has 0 aliphatic heterocycles. The molecule has 0 aromatic carbocycles. The Labute approximate surface area is 72.5 Å². The highest BCUT2D eigenvalue weighted by molar-refractivity contribution is 6.18. The van der Waals surface area contributed by atoms with Crippen LogP contribution in [0.5, 0.6) is 0 Å². The van der Waals surface area contributed by atoms with Gasteiger partial charge >= 0.3 is 6.03 Å². The van der Waals surface area contributed by atoms with E-state index in [1.54, 1.807) is 4.90 Å². The number of carbonyl (C=O) groups excluding carboxylic acids is 1. The van der Waals surface area contributed by atoms with Crippen LogP contribution in [0.3, 0.4) is 0 Å². The highest BCUT2D eigenvalue weighted by Crippen LogP contribution is 2.11. The second-order valence-corrected chi connectivity index (χ2v) is 3.73. The monoisotopic (exact) mass is 178 g/mol. The number of rotatable bonds is 2. The Morgan fingerprint density at radius 2 is 2.00 bits per heavy atom. The molecule has 0 aromatic rings. The largest absolute Gasteiger partial charge is 0.351 e. The third-order valence-corrected chi connectivity index (χ3v) is 1.55. The number of nitrogens with zero attached hydrogens (tertiary/aromatic N) is 1. The highest BCUT2D eigenvalue weighted by atomic mass is 35.5. The Bertz CT molecular complexity index is 142. The summed E-state index contributed by atoms with van der Waals surface area (Å²) in [5, 5.41) is 0. The molecular weight excluding hydrogens is 164 g/mol. The van der Waals surface area contributed by atoms with Gasteiger partial charge in [-0.15, -0.1) is 11.6 Å². The fourth-order valence-corrected chi connectivity index (χ4v) is 1.03. The van der Waals surface area contributed by atoms with Gasteiger partial charge in [0.25, 0.3) is 0 Å². The third kappa shape index (κ3) is 3.46. The number of alkyl halides is 1. The Balaban J connectivity index is 4.22. The Kier molecular flexibility index (Phi) is 3.66. The number of carbonyl (C=O) groups is 1. The quantitative estimate of drug-likeness (QED) is 0.639. The fourth-order valence-electron chi connectivity index (χ4n) is 0.861. The maximum atomic E-state index is 10.8. The zero-order valence-electron chi connectivity index (χ0n) is 7.22. The highest BCUT2D eigenvalue weighted by Gasteiger charge is 2.23. The van der Waals surface area contributed by atoms with Crippen LogP contribution in [0.1, 0.15) is 20.8 Å². The lowest BCUT2D eigenvalue weighted by molar-refractivity contribution is 0.159. The smallest absolute Gasteiger partial charge is 0.315 e. The first-order chi connectivity index (χ1) is 4.89. The molecule has 0 spiro atoms. The molecule has 0 aromatic heterocycles. The summed E-state index contributed by atoms with van der Waals surface area (Å²) < 4.78 is 0. The maximum absolute atomic E-state index is 10.8. The molecule has 0 aliphatic rings. The van der Waals surface area contributed by atoms with Gasteiger partial charge in [-0.1, -0.05) is 0 Å². The van der Waals surface area contributed by atoms with Crippen molar-refractivity contribution in [2.45, 2.75) is 26.3 Å². The normalized spacial score (nSPS) is 11.3. The molecule has 0 radical (unpaired) electrons. The Morgan fingerprint density at radius 3 is 2.09 bits per heavy atom. The average Bonchev–Trinajstić information content (AvgIpc) is 1.79. The average molecular weight is 179 g/mol. The molecule has 0 unspecified atom stereocenters. The topological polar surface area (TPSA) is 46.3 Å². The predicted octanol–water partition coefficient (Wildman–Crippen LogP) is 1.40. The first-order valence-electron chi connectivity index (χ1n) is 3.52. The van der Waals surface area contributed by atoms with Crippen molar-refractivity contribution in [2.75, 3.05) is 12.4 Å². The number of hydrogen-bond donors (Lipinski definition) is 1. The van der Waals surface area contributed by atoms with Crippen LogP contribution in [0, 0.1) is 0 Å². The van der Waals surface area contributed by atoms with E-state index in [1.165, 1.54) is 0 Å². The van der Waals surface area contributed by atoms with Crippen LogP contribution in [-0.2, 0) is 0 Å². The summed E-state index contributed by atoms with van der Waals surface area (Å²) in [6.07, 6.45) is 0. The molecule has 0 saturated heterocycles. The third-order valence-electron chi connectivity index (χ3n) is 1.38. The van der Waals surface area contributed by atoms with Gasteiger partial charge in [0.15, 0.2) is 0 Å². The minimum absolute atomic E-state index is 0.235. The lowest BCUT2D eigenvalue weighted by Gasteiger charge is -2.33. The predicted molar refractivity (Wildman–Crippen MR) is 46.8 cm³/mol. The molecule has 0 aliphatic carbocycles. The Morgan fingerprint density at radius 1 is 1.55 bits per heavy atom. The van der Waals surface area contributed by atoms with Crippen LogP contribution in [0.4, 0.5) is 4.79 Å². The molecular formula is C7H15ClN2O. The second-order valence-electron chi connectivity index (χ2n) is 3.35.